The molecule has 0 spiro atoms. The molecule has 0 radical (unpaired) electrons. The third-order valence-electron chi connectivity index (χ3n) is 4.40. The van der Waals surface area contributed by atoms with Crippen LogP contribution in [0.25, 0.3) is 0 Å². The lowest BCUT2D eigenvalue weighted by atomic mass is 10.1. The Hall–Kier alpha value is -2.54. The minimum Gasteiger partial charge on any atom is -0.489 e. The quantitative estimate of drug-likeness (QED) is 0.386. The van der Waals surface area contributed by atoms with Gasteiger partial charge < -0.3 is 14.8 Å². The summed E-state index contributed by atoms with van der Waals surface area (Å²) in [6.07, 6.45) is 0. The molecule has 0 saturated carbocycles. The van der Waals surface area contributed by atoms with Crippen LogP contribution in [0.15, 0.2) is 54.6 Å². The minimum atomic E-state index is -0.367. The molecule has 8 heteroatoms. The molecule has 1 atom stereocenters. The average Bonchev–Trinajstić information content (AvgIpc) is 3.25. The molecule has 3 rings (SSSR count). The minimum absolute atomic E-state index is 0.196. The smallest absolute Gasteiger partial charge is 0.348 e. The average molecular weight is 478 g/mol. The van der Waals surface area contributed by atoms with Gasteiger partial charge >= 0.3 is 5.97 Å². The Balaban J connectivity index is 1.71. The standard InChI is InChI=1S/C23H21Cl2NO4S/c1-3-29-23(28)21-11-10-20(31-21)14(2)26-22(27)19-12-17(25)5-4-15(19)13-30-18-8-6-16(24)7-9-18/h4-12,14H,3,13H2,1-2H3,(H,26,27). The number of rotatable bonds is 8. The van der Waals surface area contributed by atoms with Gasteiger partial charge in [-0.15, -0.1) is 11.3 Å². The van der Waals surface area contributed by atoms with E-state index < -0.39 is 0 Å². The number of hydrogen-bond acceptors (Lipinski definition) is 5. The Morgan fingerprint density at radius 2 is 1.74 bits per heavy atom. The molecule has 1 aromatic heterocycles. The van der Waals surface area contributed by atoms with Gasteiger partial charge in [-0.05, 0) is 62.4 Å². The van der Waals surface area contributed by atoms with Gasteiger partial charge in [-0.3, -0.25) is 4.79 Å². The summed E-state index contributed by atoms with van der Waals surface area (Å²) in [5, 5.41) is 4.03. The van der Waals surface area contributed by atoms with Crippen LogP contribution in [0.4, 0.5) is 0 Å². The van der Waals surface area contributed by atoms with Crippen molar-refractivity contribution in [1.29, 1.82) is 0 Å². The monoisotopic (exact) mass is 477 g/mol. The van der Waals surface area contributed by atoms with Gasteiger partial charge in [-0.25, -0.2) is 4.79 Å². The van der Waals surface area contributed by atoms with Crippen molar-refractivity contribution in [3.63, 3.8) is 0 Å². The first-order valence-corrected chi connectivity index (χ1v) is 11.2. The summed E-state index contributed by atoms with van der Waals surface area (Å²) in [6, 6.07) is 15.3. The Labute approximate surface area is 194 Å². The van der Waals surface area contributed by atoms with E-state index in [1.165, 1.54) is 11.3 Å². The molecular formula is C23H21Cl2NO4S. The molecule has 1 amide bonds. The second-order valence-corrected chi connectivity index (χ2v) is 8.65. The molecule has 3 aromatic rings. The Morgan fingerprint density at radius 1 is 1.03 bits per heavy atom. The first-order valence-electron chi connectivity index (χ1n) is 9.62. The van der Waals surface area contributed by atoms with Crippen molar-refractivity contribution >= 4 is 46.4 Å². The summed E-state index contributed by atoms with van der Waals surface area (Å²) in [5.41, 5.74) is 1.12. The fourth-order valence-electron chi connectivity index (χ4n) is 2.82. The highest BCUT2D eigenvalue weighted by Gasteiger charge is 2.19. The Kier molecular flexibility index (Phi) is 7.96. The lowest BCUT2D eigenvalue weighted by Gasteiger charge is -2.15. The van der Waals surface area contributed by atoms with Gasteiger partial charge in [-0.1, -0.05) is 29.3 Å². The molecular weight excluding hydrogens is 457 g/mol. The van der Waals surface area contributed by atoms with E-state index in [1.54, 1.807) is 55.5 Å². The van der Waals surface area contributed by atoms with Gasteiger partial charge in [0.05, 0.1) is 12.6 Å². The van der Waals surface area contributed by atoms with Crippen molar-refractivity contribution in [1.82, 2.24) is 5.32 Å². The molecule has 0 fully saturated rings. The molecule has 0 aliphatic carbocycles. The van der Waals surface area contributed by atoms with Crippen molar-refractivity contribution in [2.24, 2.45) is 0 Å². The van der Waals surface area contributed by atoms with Crippen LogP contribution in [-0.2, 0) is 11.3 Å². The molecule has 5 nitrogen and oxygen atoms in total. The number of hydrogen-bond donors (Lipinski definition) is 1. The van der Waals surface area contributed by atoms with Crippen molar-refractivity contribution in [3.8, 4) is 5.75 Å². The highest BCUT2D eigenvalue weighted by atomic mass is 35.5. The van der Waals surface area contributed by atoms with E-state index in [9.17, 15) is 9.59 Å². The summed E-state index contributed by atoms with van der Waals surface area (Å²) >= 11 is 13.3. The lowest BCUT2D eigenvalue weighted by Crippen LogP contribution is -2.27. The number of ether oxygens (including phenoxy) is 2. The van der Waals surface area contributed by atoms with E-state index in [1.807, 2.05) is 13.0 Å². The highest BCUT2D eigenvalue weighted by Crippen LogP contribution is 2.25. The highest BCUT2D eigenvalue weighted by molar-refractivity contribution is 7.14. The molecule has 162 valence electrons. The molecule has 2 aromatic carbocycles. The summed E-state index contributed by atoms with van der Waals surface area (Å²) in [5.74, 6) is -0.00583. The van der Waals surface area contributed by atoms with Gasteiger partial charge in [0.15, 0.2) is 0 Å². The second kappa shape index (κ2) is 10.7. The zero-order valence-corrected chi connectivity index (χ0v) is 19.3. The van der Waals surface area contributed by atoms with E-state index in [4.69, 9.17) is 32.7 Å². The Morgan fingerprint density at radius 3 is 2.45 bits per heavy atom. The number of thiophene rings is 1. The van der Waals surface area contributed by atoms with Crippen LogP contribution in [0.2, 0.25) is 10.0 Å². The number of carbonyl (C=O) groups excluding carboxylic acids is 2. The van der Waals surface area contributed by atoms with E-state index in [0.29, 0.717) is 38.4 Å². The Bertz CT molecular complexity index is 1070. The fraction of sp³-hybridized carbons (Fsp3) is 0.217. The van der Waals surface area contributed by atoms with Gasteiger partial charge in [0.1, 0.15) is 17.2 Å². The zero-order valence-electron chi connectivity index (χ0n) is 17.0. The molecule has 0 aliphatic heterocycles. The normalized spacial score (nSPS) is 11.6. The summed E-state index contributed by atoms with van der Waals surface area (Å²) < 4.78 is 10.8. The van der Waals surface area contributed by atoms with Crippen molar-refractivity contribution < 1.29 is 19.1 Å². The van der Waals surface area contributed by atoms with E-state index in [-0.39, 0.29) is 24.5 Å². The van der Waals surface area contributed by atoms with Gasteiger partial charge in [0.25, 0.3) is 5.91 Å². The number of carbonyl (C=O) groups is 2. The van der Waals surface area contributed by atoms with Gasteiger partial charge in [-0.2, -0.15) is 0 Å². The summed E-state index contributed by atoms with van der Waals surface area (Å²) in [4.78, 5) is 26.2. The predicted octanol–water partition coefficient (Wildman–Crippen LogP) is 6.30. The first kappa shape index (κ1) is 23.1. The second-order valence-electron chi connectivity index (χ2n) is 6.66. The molecule has 1 N–H and O–H groups in total. The SMILES string of the molecule is CCOC(=O)c1ccc(C(C)NC(=O)c2cc(Cl)ccc2COc2ccc(Cl)cc2)s1. The molecule has 0 saturated heterocycles. The maximum absolute atomic E-state index is 13.0. The molecule has 0 bridgehead atoms. The zero-order chi connectivity index (χ0) is 22.4. The van der Waals surface area contributed by atoms with E-state index >= 15 is 0 Å². The lowest BCUT2D eigenvalue weighted by molar-refractivity contribution is 0.0532. The largest absolute Gasteiger partial charge is 0.489 e. The van der Waals surface area contributed by atoms with Crippen LogP contribution in [0.5, 0.6) is 5.75 Å². The van der Waals surface area contributed by atoms with Gasteiger partial charge in [0, 0.05) is 26.0 Å². The molecule has 0 aliphatic rings. The maximum atomic E-state index is 13.0. The first-order chi connectivity index (χ1) is 14.9. The topological polar surface area (TPSA) is 64.6 Å². The number of benzene rings is 2. The van der Waals surface area contributed by atoms with E-state index in [2.05, 4.69) is 5.32 Å². The maximum Gasteiger partial charge on any atom is 0.348 e. The van der Waals surface area contributed by atoms with Crippen LogP contribution in [0, 0.1) is 0 Å². The molecule has 31 heavy (non-hydrogen) atoms. The predicted molar refractivity (Wildman–Crippen MR) is 123 cm³/mol. The summed E-state index contributed by atoms with van der Waals surface area (Å²) in [6.45, 7) is 4.12. The van der Waals surface area contributed by atoms with Gasteiger partial charge in [0.2, 0.25) is 0 Å². The van der Waals surface area contributed by atoms with E-state index in [0.717, 1.165) is 4.88 Å². The van der Waals surface area contributed by atoms with Crippen LogP contribution in [-0.4, -0.2) is 18.5 Å². The van der Waals surface area contributed by atoms with Crippen molar-refractivity contribution in [3.05, 3.63) is 85.5 Å². The molecule has 1 unspecified atom stereocenters. The van der Waals surface area contributed by atoms with Crippen LogP contribution in [0.3, 0.4) is 0 Å². The van der Waals surface area contributed by atoms with Crippen LogP contribution in [0.1, 0.15) is 50.4 Å². The number of nitrogens with one attached hydrogen (secondary N) is 1. The van der Waals surface area contributed by atoms with Crippen molar-refractivity contribution in [2.75, 3.05) is 6.61 Å². The number of amides is 1. The van der Waals surface area contributed by atoms with Crippen LogP contribution < -0.4 is 10.1 Å². The fourth-order valence-corrected chi connectivity index (χ4v) is 4.02. The van der Waals surface area contributed by atoms with Crippen LogP contribution >= 0.6 is 34.5 Å². The molecule has 1 heterocycles. The third-order valence-corrected chi connectivity index (χ3v) is 6.14. The number of esters is 1. The number of halogens is 2. The third kappa shape index (κ3) is 6.23. The summed E-state index contributed by atoms with van der Waals surface area (Å²) in [7, 11) is 0. The van der Waals surface area contributed by atoms with Crippen molar-refractivity contribution in [2.45, 2.75) is 26.5 Å².